The number of carbonyl (C=O) groups excluding carboxylic acids is 1. The van der Waals surface area contributed by atoms with Gasteiger partial charge in [-0.05, 0) is 18.6 Å². The highest BCUT2D eigenvalue weighted by atomic mass is 16.1. The highest BCUT2D eigenvalue weighted by molar-refractivity contribution is 5.92. The maximum absolute atomic E-state index is 11.0. The Bertz CT molecular complexity index is 416. The van der Waals surface area contributed by atoms with Crippen LogP contribution in [0.5, 0.6) is 0 Å². The number of nitrogens with zero attached hydrogens (tertiary/aromatic N) is 1. The fraction of sp³-hybridized carbons (Fsp3) is 0.333. The normalized spacial score (nSPS) is 20.1. The van der Waals surface area contributed by atoms with Gasteiger partial charge in [-0.25, -0.2) is 0 Å². The van der Waals surface area contributed by atoms with Crippen LogP contribution in [0.4, 0.5) is 5.69 Å². The third kappa shape index (κ3) is 3.48. The predicted molar refractivity (Wildman–Crippen MR) is 67.7 cm³/mol. The molecule has 1 aliphatic heterocycles. The number of aliphatic imine (C=N–C) groups is 1. The number of nitrogens with one attached hydrogen (secondary N) is 2. The van der Waals surface area contributed by atoms with Crippen molar-refractivity contribution in [1.29, 1.82) is 0 Å². The molecular weight excluding hydrogens is 216 g/mol. The minimum absolute atomic E-state index is 0.0970. The van der Waals surface area contributed by atoms with Crippen molar-refractivity contribution < 1.29 is 4.79 Å². The summed E-state index contributed by atoms with van der Waals surface area (Å²) in [6.07, 6.45) is 1.42. The third-order valence-corrected chi connectivity index (χ3v) is 2.61. The SMILES string of the molecule is NC(=NCC1CCC(=O)N1)Nc1ccccc1. The van der Waals surface area contributed by atoms with E-state index in [1.165, 1.54) is 0 Å². The summed E-state index contributed by atoms with van der Waals surface area (Å²) < 4.78 is 0. The van der Waals surface area contributed by atoms with Crippen molar-refractivity contribution in [1.82, 2.24) is 5.32 Å². The number of carbonyl (C=O) groups is 1. The van der Waals surface area contributed by atoms with Gasteiger partial charge in [0.15, 0.2) is 5.96 Å². The van der Waals surface area contributed by atoms with E-state index in [0.29, 0.717) is 18.9 Å². The number of amides is 1. The first-order valence-electron chi connectivity index (χ1n) is 5.65. The maximum atomic E-state index is 11.0. The maximum Gasteiger partial charge on any atom is 0.220 e. The number of hydrogen-bond donors (Lipinski definition) is 3. The van der Waals surface area contributed by atoms with E-state index >= 15 is 0 Å². The molecule has 5 heteroatoms. The van der Waals surface area contributed by atoms with E-state index in [1.807, 2.05) is 30.3 Å². The van der Waals surface area contributed by atoms with E-state index in [2.05, 4.69) is 15.6 Å². The summed E-state index contributed by atoms with van der Waals surface area (Å²) in [5.74, 6) is 0.470. The van der Waals surface area contributed by atoms with Gasteiger partial charge in [-0.1, -0.05) is 18.2 Å². The average molecular weight is 232 g/mol. The molecule has 1 aliphatic rings. The van der Waals surface area contributed by atoms with Gasteiger partial charge in [0.05, 0.1) is 6.54 Å². The largest absolute Gasteiger partial charge is 0.370 e. The lowest BCUT2D eigenvalue weighted by molar-refractivity contribution is -0.119. The molecule has 17 heavy (non-hydrogen) atoms. The number of rotatable bonds is 3. The fourth-order valence-corrected chi connectivity index (χ4v) is 1.73. The van der Waals surface area contributed by atoms with Crippen LogP contribution in [0.25, 0.3) is 0 Å². The smallest absolute Gasteiger partial charge is 0.220 e. The topological polar surface area (TPSA) is 79.5 Å². The van der Waals surface area contributed by atoms with Crippen molar-refractivity contribution in [2.24, 2.45) is 10.7 Å². The van der Waals surface area contributed by atoms with Crippen LogP contribution < -0.4 is 16.4 Å². The molecule has 0 saturated carbocycles. The Morgan fingerprint density at radius 2 is 2.24 bits per heavy atom. The Morgan fingerprint density at radius 1 is 1.47 bits per heavy atom. The van der Waals surface area contributed by atoms with Crippen molar-refractivity contribution in [3.05, 3.63) is 30.3 Å². The van der Waals surface area contributed by atoms with Gasteiger partial charge in [0.1, 0.15) is 0 Å². The molecule has 1 heterocycles. The quantitative estimate of drug-likeness (QED) is 0.530. The van der Waals surface area contributed by atoms with Crippen molar-refractivity contribution in [2.45, 2.75) is 18.9 Å². The first-order chi connectivity index (χ1) is 8.24. The van der Waals surface area contributed by atoms with Crippen LogP contribution in [0.3, 0.4) is 0 Å². The zero-order chi connectivity index (χ0) is 12.1. The van der Waals surface area contributed by atoms with Crippen LogP contribution in [0.2, 0.25) is 0 Å². The van der Waals surface area contributed by atoms with E-state index in [4.69, 9.17) is 5.73 Å². The van der Waals surface area contributed by atoms with Gasteiger partial charge in [-0.3, -0.25) is 9.79 Å². The number of hydrogen-bond acceptors (Lipinski definition) is 2. The van der Waals surface area contributed by atoms with Crippen LogP contribution in [-0.4, -0.2) is 24.5 Å². The van der Waals surface area contributed by atoms with Gasteiger partial charge >= 0.3 is 0 Å². The molecule has 1 unspecified atom stereocenters. The van der Waals surface area contributed by atoms with Crippen molar-refractivity contribution in [3.8, 4) is 0 Å². The van der Waals surface area contributed by atoms with E-state index in [1.54, 1.807) is 0 Å². The van der Waals surface area contributed by atoms with Gasteiger partial charge in [0, 0.05) is 18.2 Å². The van der Waals surface area contributed by atoms with Gasteiger partial charge in [0.25, 0.3) is 0 Å². The third-order valence-electron chi connectivity index (χ3n) is 2.61. The summed E-state index contributed by atoms with van der Waals surface area (Å²) in [6, 6.07) is 9.74. The molecule has 1 saturated heterocycles. The summed E-state index contributed by atoms with van der Waals surface area (Å²) in [6.45, 7) is 0.525. The molecule has 1 fully saturated rings. The lowest BCUT2D eigenvalue weighted by Gasteiger charge is -2.08. The second-order valence-electron chi connectivity index (χ2n) is 4.02. The molecule has 0 spiro atoms. The first kappa shape index (κ1) is 11.4. The molecule has 90 valence electrons. The Balaban J connectivity index is 1.83. The Labute approximate surface area is 100 Å². The highest BCUT2D eigenvalue weighted by Gasteiger charge is 2.19. The van der Waals surface area contributed by atoms with E-state index < -0.39 is 0 Å². The molecule has 0 aliphatic carbocycles. The Hall–Kier alpha value is -2.04. The fourth-order valence-electron chi connectivity index (χ4n) is 1.73. The summed E-state index contributed by atoms with van der Waals surface area (Å²) in [7, 11) is 0. The summed E-state index contributed by atoms with van der Waals surface area (Å²) in [5.41, 5.74) is 6.65. The van der Waals surface area contributed by atoms with Crippen LogP contribution in [0, 0.1) is 0 Å². The number of benzene rings is 1. The lowest BCUT2D eigenvalue weighted by Crippen LogP contribution is -2.30. The number of guanidine groups is 1. The molecule has 1 atom stereocenters. The predicted octanol–water partition coefficient (Wildman–Crippen LogP) is 0.692. The highest BCUT2D eigenvalue weighted by Crippen LogP contribution is 2.07. The molecule has 4 N–H and O–H groups in total. The van der Waals surface area contributed by atoms with E-state index in [9.17, 15) is 4.79 Å². The Morgan fingerprint density at radius 3 is 2.88 bits per heavy atom. The van der Waals surface area contributed by atoms with Gasteiger partial charge in [-0.2, -0.15) is 0 Å². The van der Waals surface area contributed by atoms with Crippen LogP contribution >= 0.6 is 0 Å². The number of anilines is 1. The van der Waals surface area contributed by atoms with E-state index in [-0.39, 0.29) is 11.9 Å². The van der Waals surface area contributed by atoms with Crippen LogP contribution in [-0.2, 0) is 4.79 Å². The monoisotopic (exact) mass is 232 g/mol. The summed E-state index contributed by atoms with van der Waals surface area (Å²) in [5, 5.41) is 5.84. The van der Waals surface area contributed by atoms with Crippen molar-refractivity contribution in [3.63, 3.8) is 0 Å². The number of para-hydroxylation sites is 1. The summed E-state index contributed by atoms with van der Waals surface area (Å²) in [4.78, 5) is 15.2. The van der Waals surface area contributed by atoms with Crippen LogP contribution in [0.15, 0.2) is 35.3 Å². The van der Waals surface area contributed by atoms with Gasteiger partial charge < -0.3 is 16.4 Å². The van der Waals surface area contributed by atoms with Crippen LogP contribution in [0.1, 0.15) is 12.8 Å². The van der Waals surface area contributed by atoms with Crippen molar-refractivity contribution >= 4 is 17.6 Å². The second-order valence-corrected chi connectivity index (χ2v) is 4.02. The average Bonchev–Trinajstić information content (AvgIpc) is 2.74. The molecule has 2 rings (SSSR count). The molecular formula is C12H16N4O. The molecule has 1 amide bonds. The lowest BCUT2D eigenvalue weighted by atomic mass is 10.2. The molecule has 0 radical (unpaired) electrons. The zero-order valence-electron chi connectivity index (χ0n) is 9.52. The number of nitrogens with two attached hydrogens (primary N) is 1. The van der Waals surface area contributed by atoms with Gasteiger partial charge in [0.2, 0.25) is 5.91 Å². The Kier molecular flexibility index (Phi) is 3.59. The minimum atomic E-state index is 0.0970. The zero-order valence-corrected chi connectivity index (χ0v) is 9.52. The minimum Gasteiger partial charge on any atom is -0.370 e. The molecule has 0 aromatic heterocycles. The summed E-state index contributed by atoms with van der Waals surface area (Å²) >= 11 is 0. The van der Waals surface area contributed by atoms with Crippen molar-refractivity contribution in [2.75, 3.05) is 11.9 Å². The van der Waals surface area contributed by atoms with Gasteiger partial charge in [-0.15, -0.1) is 0 Å². The second kappa shape index (κ2) is 5.34. The molecule has 1 aromatic rings. The molecule has 1 aromatic carbocycles. The molecule has 5 nitrogen and oxygen atoms in total. The van der Waals surface area contributed by atoms with E-state index in [0.717, 1.165) is 12.1 Å². The molecule has 0 bridgehead atoms. The first-order valence-corrected chi connectivity index (χ1v) is 5.65. The standard InChI is InChI=1S/C12H16N4O/c13-12(16-9-4-2-1-3-5-9)14-8-10-6-7-11(17)15-10/h1-5,10H,6-8H2,(H,15,17)(H3,13,14,16).